The number of pyridine rings is 1. The van der Waals surface area contributed by atoms with Gasteiger partial charge in [-0.15, -0.1) is 0 Å². The van der Waals surface area contributed by atoms with Crippen LogP contribution in [0.25, 0.3) is 0 Å². The standard InChI is InChI=1S/C18H21N3O2/c1-13(2)10-17(22)21-16-7-5-15(6-8-16)18(23)20-12-14-4-3-9-19-11-14/h3-9,11,13H,10,12H2,1-2H3,(H,20,23)(H,21,22). The highest BCUT2D eigenvalue weighted by molar-refractivity contribution is 5.95. The van der Waals surface area contributed by atoms with Gasteiger partial charge in [0, 0.05) is 36.6 Å². The van der Waals surface area contributed by atoms with Gasteiger partial charge in [-0.1, -0.05) is 19.9 Å². The molecule has 2 aromatic rings. The van der Waals surface area contributed by atoms with Crippen molar-refractivity contribution in [1.29, 1.82) is 0 Å². The van der Waals surface area contributed by atoms with Crippen LogP contribution >= 0.6 is 0 Å². The number of carbonyl (C=O) groups excluding carboxylic acids is 2. The highest BCUT2D eigenvalue weighted by atomic mass is 16.2. The maximum absolute atomic E-state index is 12.1. The van der Waals surface area contributed by atoms with Crippen molar-refractivity contribution in [1.82, 2.24) is 10.3 Å². The van der Waals surface area contributed by atoms with E-state index in [-0.39, 0.29) is 11.8 Å². The molecule has 0 bridgehead atoms. The largest absolute Gasteiger partial charge is 0.348 e. The van der Waals surface area contributed by atoms with Crippen LogP contribution in [0.15, 0.2) is 48.8 Å². The second-order valence-electron chi connectivity index (χ2n) is 5.77. The topological polar surface area (TPSA) is 71.1 Å². The fourth-order valence-electron chi connectivity index (χ4n) is 2.07. The summed E-state index contributed by atoms with van der Waals surface area (Å²) in [5, 5.41) is 5.65. The van der Waals surface area contributed by atoms with Crippen LogP contribution in [0.4, 0.5) is 5.69 Å². The number of amides is 2. The van der Waals surface area contributed by atoms with Gasteiger partial charge in [-0.2, -0.15) is 0 Å². The van der Waals surface area contributed by atoms with E-state index in [9.17, 15) is 9.59 Å². The SMILES string of the molecule is CC(C)CC(=O)Nc1ccc(C(=O)NCc2cccnc2)cc1. The predicted molar refractivity (Wildman–Crippen MR) is 89.9 cm³/mol. The number of carbonyl (C=O) groups is 2. The molecule has 1 heterocycles. The molecule has 1 aromatic carbocycles. The van der Waals surface area contributed by atoms with Crippen molar-refractivity contribution in [2.24, 2.45) is 5.92 Å². The number of aromatic nitrogens is 1. The summed E-state index contributed by atoms with van der Waals surface area (Å²) in [5.74, 6) is 0.134. The molecule has 0 aliphatic rings. The van der Waals surface area contributed by atoms with Crippen LogP contribution in [0, 0.1) is 5.92 Å². The van der Waals surface area contributed by atoms with Gasteiger partial charge in [-0.05, 0) is 41.8 Å². The minimum atomic E-state index is -0.158. The molecular weight excluding hydrogens is 290 g/mol. The Morgan fingerprint density at radius 2 is 1.87 bits per heavy atom. The molecule has 1 aromatic heterocycles. The zero-order valence-corrected chi connectivity index (χ0v) is 13.4. The van der Waals surface area contributed by atoms with Crippen LogP contribution in [-0.2, 0) is 11.3 Å². The molecule has 120 valence electrons. The van der Waals surface area contributed by atoms with Crippen molar-refractivity contribution in [3.63, 3.8) is 0 Å². The Balaban J connectivity index is 1.88. The van der Waals surface area contributed by atoms with Gasteiger partial charge in [-0.3, -0.25) is 14.6 Å². The third kappa shape index (κ3) is 5.54. The summed E-state index contributed by atoms with van der Waals surface area (Å²) in [6, 6.07) is 10.6. The minimum absolute atomic E-state index is 0.0196. The van der Waals surface area contributed by atoms with Gasteiger partial charge in [0.05, 0.1) is 0 Å². The molecule has 0 fully saturated rings. The van der Waals surface area contributed by atoms with Gasteiger partial charge in [-0.25, -0.2) is 0 Å². The van der Waals surface area contributed by atoms with Gasteiger partial charge < -0.3 is 10.6 Å². The lowest BCUT2D eigenvalue weighted by Gasteiger charge is -2.08. The summed E-state index contributed by atoms with van der Waals surface area (Å²) < 4.78 is 0. The number of nitrogens with zero attached hydrogens (tertiary/aromatic N) is 1. The van der Waals surface area contributed by atoms with Crippen LogP contribution in [0.1, 0.15) is 36.2 Å². The minimum Gasteiger partial charge on any atom is -0.348 e. The fourth-order valence-corrected chi connectivity index (χ4v) is 2.07. The lowest BCUT2D eigenvalue weighted by Crippen LogP contribution is -2.22. The van der Waals surface area contributed by atoms with Crippen molar-refractivity contribution in [2.75, 3.05) is 5.32 Å². The molecule has 2 N–H and O–H groups in total. The molecule has 0 radical (unpaired) electrons. The van der Waals surface area contributed by atoms with E-state index in [0.717, 1.165) is 5.56 Å². The van der Waals surface area contributed by atoms with Crippen molar-refractivity contribution >= 4 is 17.5 Å². The molecule has 2 rings (SSSR count). The molecule has 5 heteroatoms. The third-order valence-corrected chi connectivity index (χ3v) is 3.20. The van der Waals surface area contributed by atoms with Gasteiger partial charge in [0.25, 0.3) is 5.91 Å². The Kier molecular flexibility index (Phi) is 5.86. The van der Waals surface area contributed by atoms with Crippen molar-refractivity contribution in [2.45, 2.75) is 26.8 Å². The summed E-state index contributed by atoms with van der Waals surface area (Å²) in [6.45, 7) is 4.42. The Morgan fingerprint density at radius 3 is 2.48 bits per heavy atom. The molecule has 0 saturated heterocycles. The second-order valence-corrected chi connectivity index (χ2v) is 5.77. The fraction of sp³-hybridized carbons (Fsp3) is 0.278. The van der Waals surface area contributed by atoms with Crippen molar-refractivity contribution in [3.05, 3.63) is 59.9 Å². The van der Waals surface area contributed by atoms with Crippen molar-refractivity contribution in [3.8, 4) is 0 Å². The molecule has 0 atom stereocenters. The third-order valence-electron chi connectivity index (χ3n) is 3.20. The number of anilines is 1. The smallest absolute Gasteiger partial charge is 0.251 e. The molecule has 23 heavy (non-hydrogen) atoms. The highest BCUT2D eigenvalue weighted by Crippen LogP contribution is 2.11. The average Bonchev–Trinajstić information content (AvgIpc) is 2.53. The summed E-state index contributed by atoms with van der Waals surface area (Å²) in [5.41, 5.74) is 2.19. The summed E-state index contributed by atoms with van der Waals surface area (Å²) >= 11 is 0. The molecule has 0 spiro atoms. The number of rotatable bonds is 6. The maximum Gasteiger partial charge on any atom is 0.251 e. The number of hydrogen-bond donors (Lipinski definition) is 2. The Bertz CT molecular complexity index is 652. The van der Waals surface area contributed by atoms with E-state index in [4.69, 9.17) is 0 Å². The van der Waals surface area contributed by atoms with Gasteiger partial charge in [0.15, 0.2) is 0 Å². The van der Waals surface area contributed by atoms with E-state index >= 15 is 0 Å². The molecule has 0 aliphatic heterocycles. The Hall–Kier alpha value is -2.69. The molecule has 0 unspecified atom stereocenters. The van der Waals surface area contributed by atoms with Gasteiger partial charge in [0.2, 0.25) is 5.91 Å². The van der Waals surface area contributed by atoms with Crippen molar-refractivity contribution < 1.29 is 9.59 Å². The van der Waals surface area contributed by atoms with Crippen LogP contribution in [0.2, 0.25) is 0 Å². The quantitative estimate of drug-likeness (QED) is 0.861. The second kappa shape index (κ2) is 8.08. The maximum atomic E-state index is 12.1. The zero-order chi connectivity index (χ0) is 16.7. The number of nitrogens with one attached hydrogen (secondary N) is 2. The predicted octanol–water partition coefficient (Wildman–Crippen LogP) is 3.00. The highest BCUT2D eigenvalue weighted by Gasteiger charge is 2.08. The average molecular weight is 311 g/mol. The molecular formula is C18H21N3O2. The monoisotopic (exact) mass is 311 g/mol. The lowest BCUT2D eigenvalue weighted by molar-refractivity contribution is -0.116. The van der Waals surface area contributed by atoms with E-state index in [1.54, 1.807) is 36.7 Å². The summed E-state index contributed by atoms with van der Waals surface area (Å²) in [4.78, 5) is 27.8. The first-order valence-corrected chi connectivity index (χ1v) is 7.61. The first kappa shape index (κ1) is 16.7. The molecule has 5 nitrogen and oxygen atoms in total. The molecule has 2 amide bonds. The van der Waals surface area contributed by atoms with Crippen LogP contribution in [0.5, 0.6) is 0 Å². The molecule has 0 aliphatic carbocycles. The van der Waals surface area contributed by atoms with E-state index in [2.05, 4.69) is 15.6 Å². The van der Waals surface area contributed by atoms with Crippen LogP contribution in [0.3, 0.4) is 0 Å². The van der Waals surface area contributed by atoms with E-state index in [1.165, 1.54) is 0 Å². The van der Waals surface area contributed by atoms with Gasteiger partial charge in [0.1, 0.15) is 0 Å². The van der Waals surface area contributed by atoms with Gasteiger partial charge >= 0.3 is 0 Å². The Morgan fingerprint density at radius 1 is 1.13 bits per heavy atom. The number of hydrogen-bond acceptors (Lipinski definition) is 3. The normalized spacial score (nSPS) is 10.4. The lowest BCUT2D eigenvalue weighted by atomic mass is 10.1. The Labute approximate surface area is 136 Å². The summed E-state index contributed by atoms with van der Waals surface area (Å²) in [6.07, 6.45) is 3.89. The summed E-state index contributed by atoms with van der Waals surface area (Å²) in [7, 11) is 0. The first-order chi connectivity index (χ1) is 11.0. The van der Waals surface area contributed by atoms with Crippen LogP contribution < -0.4 is 10.6 Å². The number of benzene rings is 1. The van der Waals surface area contributed by atoms with E-state index in [0.29, 0.717) is 30.1 Å². The van der Waals surface area contributed by atoms with E-state index in [1.807, 2.05) is 26.0 Å². The molecule has 0 saturated carbocycles. The van der Waals surface area contributed by atoms with Crippen LogP contribution in [-0.4, -0.2) is 16.8 Å². The van der Waals surface area contributed by atoms with E-state index < -0.39 is 0 Å². The zero-order valence-electron chi connectivity index (χ0n) is 13.4. The first-order valence-electron chi connectivity index (χ1n) is 7.61.